The van der Waals surface area contributed by atoms with Gasteiger partial charge >= 0.3 is 0 Å². The number of amides is 1. The molecule has 5 rings (SSSR count). The number of carbonyl (C=O) groups is 1. The van der Waals surface area contributed by atoms with Crippen LogP contribution in [0.5, 0.6) is 0 Å². The summed E-state index contributed by atoms with van der Waals surface area (Å²) >= 11 is 0. The summed E-state index contributed by atoms with van der Waals surface area (Å²) in [6, 6.07) is 23.9. The molecular formula is C31H30N6O2. The molecule has 0 aliphatic carbocycles. The van der Waals surface area contributed by atoms with Crippen LogP contribution in [0, 0.1) is 0 Å². The first-order valence-corrected chi connectivity index (χ1v) is 12.9. The number of fused-ring (bicyclic) bond motifs is 1. The molecule has 5 aromatic rings. The molecule has 196 valence electrons. The van der Waals surface area contributed by atoms with E-state index in [0.29, 0.717) is 42.3 Å². The lowest BCUT2D eigenvalue weighted by atomic mass is 9.96. The van der Waals surface area contributed by atoms with Crippen molar-refractivity contribution < 1.29 is 9.53 Å². The zero-order valence-electron chi connectivity index (χ0n) is 22.0. The molecule has 39 heavy (non-hydrogen) atoms. The average Bonchev–Trinajstić information content (AvgIpc) is 2.98. The Morgan fingerprint density at radius 1 is 0.923 bits per heavy atom. The highest BCUT2D eigenvalue weighted by molar-refractivity contribution is 6.08. The summed E-state index contributed by atoms with van der Waals surface area (Å²) in [5, 5.41) is 17.4. The minimum atomic E-state index is -0.215. The number of ether oxygens (including phenoxy) is 1. The number of carbonyl (C=O) groups excluding carboxylic acids is 1. The fourth-order valence-electron chi connectivity index (χ4n) is 4.34. The quantitative estimate of drug-likeness (QED) is 0.235. The molecule has 0 saturated heterocycles. The van der Waals surface area contributed by atoms with Crippen molar-refractivity contribution in [2.75, 3.05) is 18.5 Å². The van der Waals surface area contributed by atoms with E-state index >= 15 is 0 Å². The van der Waals surface area contributed by atoms with Gasteiger partial charge in [-0.25, -0.2) is 0 Å². The van der Waals surface area contributed by atoms with Crippen molar-refractivity contribution in [3.63, 3.8) is 0 Å². The van der Waals surface area contributed by atoms with Gasteiger partial charge in [-0.05, 0) is 43.2 Å². The molecule has 0 atom stereocenters. The minimum Gasteiger partial charge on any atom is -0.377 e. The standard InChI is InChI=1S/C31H30N6O2/c1-21(2)39-16-15-34-31(38)24-17-23(18-32-19-24)29-27-13-8-12-26(22-9-4-3-5-10-22)28(27)30(37-36-29)35-20-25-11-6-7-14-33-25/h3-14,17-19,21H,15-16,20H2,1-2H3,(H,34,38)(H,35,37). The molecule has 3 heterocycles. The number of hydrogen-bond acceptors (Lipinski definition) is 7. The smallest absolute Gasteiger partial charge is 0.252 e. The van der Waals surface area contributed by atoms with Gasteiger partial charge in [-0.3, -0.25) is 14.8 Å². The van der Waals surface area contributed by atoms with Crippen molar-refractivity contribution in [2.24, 2.45) is 0 Å². The monoisotopic (exact) mass is 518 g/mol. The molecular weight excluding hydrogens is 488 g/mol. The predicted octanol–water partition coefficient (Wildman–Crippen LogP) is 5.52. The third-order valence-corrected chi connectivity index (χ3v) is 6.17. The van der Waals surface area contributed by atoms with E-state index in [1.54, 1.807) is 24.7 Å². The molecule has 0 aliphatic heterocycles. The highest BCUT2D eigenvalue weighted by atomic mass is 16.5. The van der Waals surface area contributed by atoms with E-state index in [0.717, 1.165) is 27.6 Å². The predicted molar refractivity (Wildman–Crippen MR) is 153 cm³/mol. The maximum absolute atomic E-state index is 12.8. The summed E-state index contributed by atoms with van der Waals surface area (Å²) in [5.41, 5.74) is 4.80. The average molecular weight is 519 g/mol. The van der Waals surface area contributed by atoms with Crippen LogP contribution in [0.4, 0.5) is 5.82 Å². The Bertz CT molecular complexity index is 1560. The van der Waals surface area contributed by atoms with E-state index in [-0.39, 0.29) is 12.0 Å². The van der Waals surface area contributed by atoms with Crippen LogP contribution in [0.25, 0.3) is 33.2 Å². The van der Waals surface area contributed by atoms with Crippen LogP contribution in [0.3, 0.4) is 0 Å². The Balaban J connectivity index is 1.53. The van der Waals surface area contributed by atoms with Crippen LogP contribution in [0.1, 0.15) is 29.9 Å². The normalized spacial score (nSPS) is 11.1. The maximum atomic E-state index is 12.8. The van der Waals surface area contributed by atoms with Crippen LogP contribution < -0.4 is 10.6 Å². The summed E-state index contributed by atoms with van der Waals surface area (Å²) < 4.78 is 5.52. The molecule has 0 spiro atoms. The van der Waals surface area contributed by atoms with Gasteiger partial charge in [-0.1, -0.05) is 54.6 Å². The molecule has 0 aliphatic rings. The van der Waals surface area contributed by atoms with E-state index in [4.69, 9.17) is 4.74 Å². The van der Waals surface area contributed by atoms with Gasteiger partial charge in [-0.2, -0.15) is 0 Å². The summed E-state index contributed by atoms with van der Waals surface area (Å²) in [6.45, 7) is 5.29. The lowest BCUT2D eigenvalue weighted by molar-refractivity contribution is 0.0746. The lowest BCUT2D eigenvalue weighted by Crippen LogP contribution is -2.28. The van der Waals surface area contributed by atoms with Gasteiger partial charge in [0.15, 0.2) is 5.82 Å². The maximum Gasteiger partial charge on any atom is 0.252 e. The van der Waals surface area contributed by atoms with E-state index in [2.05, 4.69) is 49.0 Å². The second-order valence-corrected chi connectivity index (χ2v) is 9.30. The SMILES string of the molecule is CC(C)OCCNC(=O)c1cncc(-c2nnc(NCc3ccccn3)c3c(-c4ccccc4)cccc23)c1. The van der Waals surface area contributed by atoms with Gasteiger partial charge in [0.05, 0.1) is 30.5 Å². The number of anilines is 1. The van der Waals surface area contributed by atoms with Crippen molar-refractivity contribution in [3.8, 4) is 22.4 Å². The number of rotatable bonds is 10. The second-order valence-electron chi connectivity index (χ2n) is 9.30. The van der Waals surface area contributed by atoms with E-state index < -0.39 is 0 Å². The fraction of sp³-hybridized carbons (Fsp3) is 0.194. The molecule has 0 bridgehead atoms. The Labute approximate surface area is 227 Å². The van der Waals surface area contributed by atoms with Gasteiger partial charge in [0, 0.05) is 41.5 Å². The van der Waals surface area contributed by atoms with Crippen LogP contribution in [-0.4, -0.2) is 45.3 Å². The first kappa shape index (κ1) is 25.9. The topological polar surface area (TPSA) is 102 Å². The van der Waals surface area contributed by atoms with Gasteiger partial charge in [0.2, 0.25) is 0 Å². The number of nitrogens with zero attached hydrogens (tertiary/aromatic N) is 4. The summed E-state index contributed by atoms with van der Waals surface area (Å²) in [4.78, 5) is 21.5. The molecule has 3 aromatic heterocycles. The Kier molecular flexibility index (Phi) is 8.14. The highest BCUT2D eigenvalue weighted by Gasteiger charge is 2.17. The van der Waals surface area contributed by atoms with Crippen molar-refractivity contribution in [1.82, 2.24) is 25.5 Å². The molecule has 8 heteroatoms. The third-order valence-electron chi connectivity index (χ3n) is 6.17. The van der Waals surface area contributed by atoms with Crippen molar-refractivity contribution >= 4 is 22.5 Å². The van der Waals surface area contributed by atoms with Crippen LogP contribution in [0.2, 0.25) is 0 Å². The second kappa shape index (κ2) is 12.2. The van der Waals surface area contributed by atoms with Gasteiger partial charge in [-0.15, -0.1) is 10.2 Å². The van der Waals surface area contributed by atoms with Crippen LogP contribution >= 0.6 is 0 Å². The third kappa shape index (κ3) is 6.25. The first-order valence-electron chi connectivity index (χ1n) is 12.9. The zero-order valence-corrected chi connectivity index (χ0v) is 22.0. The minimum absolute atomic E-state index is 0.112. The van der Waals surface area contributed by atoms with E-state index in [1.165, 1.54) is 0 Å². The molecule has 0 fully saturated rings. The van der Waals surface area contributed by atoms with Gasteiger partial charge < -0.3 is 15.4 Å². The van der Waals surface area contributed by atoms with Gasteiger partial charge in [0.1, 0.15) is 5.69 Å². The highest BCUT2D eigenvalue weighted by Crippen LogP contribution is 2.37. The van der Waals surface area contributed by atoms with E-state index in [9.17, 15) is 4.79 Å². The molecule has 0 radical (unpaired) electrons. The largest absolute Gasteiger partial charge is 0.377 e. The lowest BCUT2D eigenvalue weighted by Gasteiger charge is -2.15. The van der Waals surface area contributed by atoms with Crippen molar-refractivity contribution in [2.45, 2.75) is 26.5 Å². The molecule has 2 N–H and O–H groups in total. The number of aromatic nitrogens is 4. The molecule has 0 unspecified atom stereocenters. The Morgan fingerprint density at radius 2 is 1.77 bits per heavy atom. The summed E-state index contributed by atoms with van der Waals surface area (Å²) in [7, 11) is 0. The van der Waals surface area contributed by atoms with E-state index in [1.807, 2.05) is 62.4 Å². The molecule has 8 nitrogen and oxygen atoms in total. The Hall–Kier alpha value is -4.69. The number of pyridine rings is 2. The van der Waals surface area contributed by atoms with Crippen LogP contribution in [0.15, 0.2) is 91.4 Å². The number of benzene rings is 2. The molecule has 1 amide bonds. The van der Waals surface area contributed by atoms with Crippen molar-refractivity contribution in [3.05, 3.63) is 103 Å². The van der Waals surface area contributed by atoms with Gasteiger partial charge in [0.25, 0.3) is 5.91 Å². The zero-order chi connectivity index (χ0) is 27.0. The summed E-state index contributed by atoms with van der Waals surface area (Å²) in [5.74, 6) is 0.443. The molecule has 0 saturated carbocycles. The van der Waals surface area contributed by atoms with Crippen LogP contribution in [-0.2, 0) is 11.3 Å². The fourth-order valence-corrected chi connectivity index (χ4v) is 4.34. The Morgan fingerprint density at radius 3 is 2.56 bits per heavy atom. The first-order chi connectivity index (χ1) is 19.1. The molecule has 2 aromatic carbocycles. The summed E-state index contributed by atoms with van der Waals surface area (Å²) in [6.07, 6.45) is 5.14. The number of nitrogens with one attached hydrogen (secondary N) is 2. The van der Waals surface area contributed by atoms with Crippen molar-refractivity contribution in [1.29, 1.82) is 0 Å². The number of hydrogen-bond donors (Lipinski definition) is 2.